The van der Waals surface area contributed by atoms with Gasteiger partial charge in [0.05, 0.1) is 6.10 Å². The Hall–Kier alpha value is -0.290. The Morgan fingerprint density at radius 1 is 1.29 bits per heavy atom. The maximum Gasteiger partial charge on any atom is 0.0682 e. The van der Waals surface area contributed by atoms with E-state index in [0.717, 1.165) is 16.6 Å². The van der Waals surface area contributed by atoms with Gasteiger partial charge >= 0.3 is 0 Å². The van der Waals surface area contributed by atoms with Crippen molar-refractivity contribution < 1.29 is 5.11 Å². The van der Waals surface area contributed by atoms with E-state index >= 15 is 0 Å². The first-order valence-corrected chi connectivity index (χ1v) is 7.98. The van der Waals surface area contributed by atoms with E-state index < -0.39 is 0 Å². The molecule has 1 aromatic heterocycles. The number of halogens is 1. The van der Waals surface area contributed by atoms with E-state index in [0.29, 0.717) is 0 Å². The third-order valence-electron chi connectivity index (χ3n) is 2.24. The van der Waals surface area contributed by atoms with Crippen LogP contribution in [-0.4, -0.2) is 17.0 Å². The molecule has 0 aliphatic heterocycles. The van der Waals surface area contributed by atoms with Crippen molar-refractivity contribution in [2.45, 2.75) is 17.4 Å². The molecule has 2 rings (SSSR count). The Balaban J connectivity index is 1.80. The second kappa shape index (κ2) is 6.59. The number of hydrogen-bond acceptors (Lipinski definition) is 3. The normalized spacial score (nSPS) is 12.6. The van der Waals surface area contributed by atoms with Gasteiger partial charge in [-0.3, -0.25) is 0 Å². The minimum atomic E-state index is -0.286. The summed E-state index contributed by atoms with van der Waals surface area (Å²) in [5.74, 6) is 0.736. The van der Waals surface area contributed by atoms with Gasteiger partial charge in [-0.2, -0.15) is 0 Å². The van der Waals surface area contributed by atoms with Gasteiger partial charge in [0.15, 0.2) is 0 Å². The number of rotatable bonds is 5. The summed E-state index contributed by atoms with van der Waals surface area (Å²) >= 11 is 6.80. The molecule has 0 aliphatic carbocycles. The highest BCUT2D eigenvalue weighted by atomic mass is 79.9. The van der Waals surface area contributed by atoms with Crippen LogP contribution in [0.5, 0.6) is 0 Å². The minimum absolute atomic E-state index is 0.286. The van der Waals surface area contributed by atoms with Gasteiger partial charge in [0.25, 0.3) is 0 Å². The van der Waals surface area contributed by atoms with Crippen LogP contribution in [0.2, 0.25) is 0 Å². The summed E-state index contributed by atoms with van der Waals surface area (Å²) in [6.45, 7) is 0. The first-order chi connectivity index (χ1) is 8.24. The minimum Gasteiger partial charge on any atom is -0.392 e. The molecule has 1 heterocycles. The summed E-state index contributed by atoms with van der Waals surface area (Å²) in [5.41, 5.74) is 0. The predicted octanol–water partition coefficient (Wildman–Crippen LogP) is 4.21. The molecule has 1 atom stereocenters. The lowest BCUT2D eigenvalue weighted by Crippen LogP contribution is -2.12. The molecule has 4 heteroatoms. The Bertz CT molecular complexity index is 455. The Morgan fingerprint density at radius 2 is 2.06 bits per heavy atom. The van der Waals surface area contributed by atoms with Gasteiger partial charge in [-0.25, -0.2) is 0 Å². The number of hydrogen-bond donors (Lipinski definition) is 1. The zero-order valence-electron chi connectivity index (χ0n) is 9.17. The lowest BCUT2D eigenvalue weighted by Gasteiger charge is -2.08. The molecule has 1 unspecified atom stereocenters. The lowest BCUT2D eigenvalue weighted by molar-refractivity contribution is 0.201. The molecule has 90 valence electrons. The first-order valence-electron chi connectivity index (χ1n) is 5.33. The highest BCUT2D eigenvalue weighted by Crippen LogP contribution is 2.23. The van der Waals surface area contributed by atoms with Crippen molar-refractivity contribution in [1.82, 2.24) is 0 Å². The van der Waals surface area contributed by atoms with E-state index in [2.05, 4.69) is 34.1 Å². The maximum atomic E-state index is 9.94. The molecule has 0 saturated carbocycles. The quantitative estimate of drug-likeness (QED) is 0.830. The monoisotopic (exact) mass is 328 g/mol. The van der Waals surface area contributed by atoms with Crippen LogP contribution in [0, 0.1) is 0 Å². The average molecular weight is 329 g/mol. The molecule has 17 heavy (non-hydrogen) atoms. The van der Waals surface area contributed by atoms with E-state index in [4.69, 9.17) is 0 Å². The van der Waals surface area contributed by atoms with Gasteiger partial charge in [0.2, 0.25) is 0 Å². The highest BCUT2D eigenvalue weighted by molar-refractivity contribution is 9.10. The van der Waals surface area contributed by atoms with Crippen LogP contribution in [0.3, 0.4) is 0 Å². The Labute approximate surface area is 118 Å². The molecular formula is C13H13BrOS2. The summed E-state index contributed by atoms with van der Waals surface area (Å²) in [6, 6.07) is 12.2. The van der Waals surface area contributed by atoms with Gasteiger partial charge < -0.3 is 5.11 Å². The zero-order valence-corrected chi connectivity index (χ0v) is 12.4. The van der Waals surface area contributed by atoms with E-state index in [1.807, 2.05) is 23.6 Å². The second-order valence-electron chi connectivity index (χ2n) is 3.71. The van der Waals surface area contributed by atoms with Crippen molar-refractivity contribution in [2.75, 3.05) is 5.75 Å². The standard InChI is InChI=1S/C13H13BrOS2/c14-10-6-13(16-8-10)7-11(15)9-17-12-4-2-1-3-5-12/h1-6,8,11,15H,7,9H2. The van der Waals surface area contributed by atoms with Crippen molar-refractivity contribution in [3.05, 3.63) is 51.1 Å². The third-order valence-corrected chi connectivity index (χ3v) is 5.12. The van der Waals surface area contributed by atoms with Crippen molar-refractivity contribution in [2.24, 2.45) is 0 Å². The van der Waals surface area contributed by atoms with Gasteiger partial charge in [-0.15, -0.1) is 23.1 Å². The fourth-order valence-corrected chi connectivity index (χ4v) is 3.84. The first kappa shape index (κ1) is 13.1. The third kappa shape index (κ3) is 4.47. The number of benzene rings is 1. The van der Waals surface area contributed by atoms with E-state index in [1.54, 1.807) is 23.1 Å². The van der Waals surface area contributed by atoms with Gasteiger partial charge in [0.1, 0.15) is 0 Å². The molecular weight excluding hydrogens is 316 g/mol. The fraction of sp³-hybridized carbons (Fsp3) is 0.231. The smallest absolute Gasteiger partial charge is 0.0682 e. The summed E-state index contributed by atoms with van der Waals surface area (Å²) in [7, 11) is 0. The van der Waals surface area contributed by atoms with Gasteiger partial charge in [0, 0.05) is 31.8 Å². The fourth-order valence-electron chi connectivity index (χ4n) is 1.46. The highest BCUT2D eigenvalue weighted by Gasteiger charge is 2.08. The topological polar surface area (TPSA) is 20.2 Å². The predicted molar refractivity (Wildman–Crippen MR) is 78.9 cm³/mol. The molecule has 1 N–H and O–H groups in total. The zero-order chi connectivity index (χ0) is 12.1. The van der Waals surface area contributed by atoms with Crippen molar-refractivity contribution in [3.8, 4) is 0 Å². The van der Waals surface area contributed by atoms with Crippen molar-refractivity contribution in [3.63, 3.8) is 0 Å². The Morgan fingerprint density at radius 3 is 2.71 bits per heavy atom. The summed E-state index contributed by atoms with van der Waals surface area (Å²) in [5, 5.41) is 12.0. The Kier molecular flexibility index (Phi) is 5.10. The number of aliphatic hydroxyl groups is 1. The molecule has 0 saturated heterocycles. The van der Waals surface area contributed by atoms with Crippen LogP contribution < -0.4 is 0 Å². The molecule has 0 amide bonds. The van der Waals surface area contributed by atoms with Gasteiger partial charge in [-0.05, 0) is 34.1 Å². The number of thiophene rings is 1. The SMILES string of the molecule is OC(CSc1ccccc1)Cc1cc(Br)cs1. The van der Waals surface area contributed by atoms with Crippen LogP contribution in [0.25, 0.3) is 0 Å². The largest absolute Gasteiger partial charge is 0.392 e. The van der Waals surface area contributed by atoms with Crippen LogP contribution in [0.1, 0.15) is 4.88 Å². The molecule has 2 aromatic rings. The maximum absolute atomic E-state index is 9.94. The van der Waals surface area contributed by atoms with Crippen LogP contribution in [0.4, 0.5) is 0 Å². The van der Waals surface area contributed by atoms with Crippen molar-refractivity contribution in [1.29, 1.82) is 0 Å². The molecule has 0 spiro atoms. The molecule has 0 radical (unpaired) electrons. The van der Waals surface area contributed by atoms with Crippen LogP contribution in [0.15, 0.2) is 51.1 Å². The number of thioether (sulfide) groups is 1. The lowest BCUT2D eigenvalue weighted by atomic mass is 10.2. The summed E-state index contributed by atoms with van der Waals surface area (Å²) < 4.78 is 1.10. The van der Waals surface area contributed by atoms with Gasteiger partial charge in [-0.1, -0.05) is 18.2 Å². The average Bonchev–Trinajstić information content (AvgIpc) is 2.73. The molecule has 1 nitrogen and oxygen atoms in total. The summed E-state index contributed by atoms with van der Waals surface area (Å²) in [4.78, 5) is 2.43. The van der Waals surface area contributed by atoms with Crippen molar-refractivity contribution >= 4 is 39.0 Å². The number of aliphatic hydroxyl groups excluding tert-OH is 1. The van der Waals surface area contributed by atoms with E-state index in [-0.39, 0.29) is 6.10 Å². The molecule has 0 bridgehead atoms. The van der Waals surface area contributed by atoms with Crippen LogP contribution >= 0.6 is 39.0 Å². The second-order valence-corrected chi connectivity index (χ2v) is 6.72. The van der Waals surface area contributed by atoms with E-state index in [1.165, 1.54) is 9.77 Å². The van der Waals surface area contributed by atoms with E-state index in [9.17, 15) is 5.11 Å². The molecule has 0 aliphatic rings. The molecule has 1 aromatic carbocycles. The molecule has 0 fully saturated rings. The summed E-state index contributed by atoms with van der Waals surface area (Å²) in [6.07, 6.45) is 0.446. The van der Waals surface area contributed by atoms with Crippen LogP contribution in [-0.2, 0) is 6.42 Å².